The van der Waals surface area contributed by atoms with Crippen molar-refractivity contribution < 1.29 is 9.00 Å². The standard InChI is InChI=1S/C17H18N4O2S/c1-18-16(22)10-13-9-15-14(7-8-19-17(15)20-13)11-3-5-12(6-4-11)21-24(2)23/h3-9,21H,10H2,1-2H3,(H,18,22)(H,19,20). The molecule has 2 heterocycles. The highest BCUT2D eigenvalue weighted by Gasteiger charge is 2.10. The Labute approximate surface area is 142 Å². The van der Waals surface area contributed by atoms with Crippen LogP contribution in [0.2, 0.25) is 0 Å². The number of hydrogen-bond acceptors (Lipinski definition) is 3. The zero-order chi connectivity index (χ0) is 17.1. The van der Waals surface area contributed by atoms with Crippen molar-refractivity contribution in [3.63, 3.8) is 0 Å². The average molecular weight is 342 g/mol. The van der Waals surface area contributed by atoms with Crippen LogP contribution in [0.4, 0.5) is 5.69 Å². The van der Waals surface area contributed by atoms with Crippen LogP contribution in [0.3, 0.4) is 0 Å². The molecule has 7 heteroatoms. The van der Waals surface area contributed by atoms with Crippen LogP contribution in [0, 0.1) is 0 Å². The third-order valence-electron chi connectivity index (χ3n) is 3.67. The van der Waals surface area contributed by atoms with Crippen LogP contribution in [0.25, 0.3) is 22.2 Å². The number of carbonyl (C=O) groups excluding carboxylic acids is 1. The molecule has 3 rings (SSSR count). The molecule has 2 aromatic heterocycles. The number of nitrogens with one attached hydrogen (secondary N) is 3. The molecular weight excluding hydrogens is 324 g/mol. The van der Waals surface area contributed by atoms with Gasteiger partial charge in [0.25, 0.3) is 0 Å². The molecule has 1 amide bonds. The van der Waals surface area contributed by atoms with E-state index in [-0.39, 0.29) is 12.3 Å². The van der Waals surface area contributed by atoms with E-state index < -0.39 is 11.0 Å². The lowest BCUT2D eigenvalue weighted by Gasteiger charge is -2.06. The number of nitrogens with zero attached hydrogens (tertiary/aromatic N) is 1. The molecule has 0 radical (unpaired) electrons. The second-order valence-corrected chi connectivity index (χ2v) is 6.51. The Morgan fingerprint density at radius 1 is 1.25 bits per heavy atom. The first-order valence-electron chi connectivity index (χ1n) is 7.44. The van der Waals surface area contributed by atoms with Crippen molar-refractivity contribution in [1.82, 2.24) is 15.3 Å². The monoisotopic (exact) mass is 342 g/mol. The van der Waals surface area contributed by atoms with Crippen LogP contribution < -0.4 is 10.0 Å². The molecule has 6 nitrogen and oxygen atoms in total. The molecule has 0 aliphatic heterocycles. The minimum atomic E-state index is -1.10. The normalized spacial score (nSPS) is 12.1. The molecule has 3 N–H and O–H groups in total. The van der Waals surface area contributed by atoms with Gasteiger partial charge in [0, 0.05) is 36.3 Å². The van der Waals surface area contributed by atoms with E-state index in [4.69, 9.17) is 0 Å². The number of anilines is 1. The second-order valence-electron chi connectivity index (χ2n) is 5.40. The first-order chi connectivity index (χ1) is 11.6. The summed E-state index contributed by atoms with van der Waals surface area (Å²) < 4.78 is 14.1. The molecule has 0 spiro atoms. The number of benzene rings is 1. The summed E-state index contributed by atoms with van der Waals surface area (Å²) in [6.45, 7) is 0. The third kappa shape index (κ3) is 3.46. The number of amides is 1. The molecule has 0 saturated carbocycles. The number of aromatic nitrogens is 2. The second kappa shape index (κ2) is 6.84. The molecule has 0 aliphatic rings. The lowest BCUT2D eigenvalue weighted by Crippen LogP contribution is -2.19. The van der Waals surface area contributed by atoms with Crippen LogP contribution in [0.1, 0.15) is 5.69 Å². The molecule has 1 unspecified atom stereocenters. The van der Waals surface area contributed by atoms with Crippen molar-refractivity contribution in [2.45, 2.75) is 6.42 Å². The Balaban J connectivity index is 1.96. The van der Waals surface area contributed by atoms with E-state index in [9.17, 15) is 9.00 Å². The summed E-state index contributed by atoms with van der Waals surface area (Å²) in [6, 6.07) is 11.6. The van der Waals surface area contributed by atoms with Crippen molar-refractivity contribution in [2.75, 3.05) is 18.0 Å². The topological polar surface area (TPSA) is 86.9 Å². The van der Waals surface area contributed by atoms with Crippen molar-refractivity contribution in [1.29, 1.82) is 0 Å². The van der Waals surface area contributed by atoms with Gasteiger partial charge in [-0.15, -0.1) is 0 Å². The van der Waals surface area contributed by atoms with Crippen molar-refractivity contribution in [3.05, 3.63) is 48.3 Å². The molecule has 1 atom stereocenters. The van der Waals surface area contributed by atoms with Gasteiger partial charge in [0.2, 0.25) is 5.91 Å². The van der Waals surface area contributed by atoms with Gasteiger partial charge in [-0.25, -0.2) is 9.19 Å². The van der Waals surface area contributed by atoms with Gasteiger partial charge in [0.05, 0.1) is 6.42 Å². The molecule has 0 bridgehead atoms. The number of fused-ring (bicyclic) bond motifs is 1. The largest absolute Gasteiger partial charge is 0.359 e. The third-order valence-corrected chi connectivity index (χ3v) is 4.20. The Morgan fingerprint density at radius 3 is 2.67 bits per heavy atom. The van der Waals surface area contributed by atoms with E-state index in [1.54, 1.807) is 19.5 Å². The number of H-pyrrole nitrogens is 1. The minimum absolute atomic E-state index is 0.0499. The van der Waals surface area contributed by atoms with Gasteiger partial charge < -0.3 is 15.0 Å². The van der Waals surface area contributed by atoms with Gasteiger partial charge in [-0.2, -0.15) is 0 Å². The number of rotatable bonds is 5. The fraction of sp³-hybridized carbons (Fsp3) is 0.176. The highest BCUT2D eigenvalue weighted by molar-refractivity contribution is 7.85. The molecular formula is C17H18N4O2S. The zero-order valence-electron chi connectivity index (χ0n) is 13.4. The summed E-state index contributed by atoms with van der Waals surface area (Å²) in [7, 11) is 0.522. The Kier molecular flexibility index (Phi) is 4.61. The first kappa shape index (κ1) is 16.2. The zero-order valence-corrected chi connectivity index (χ0v) is 14.2. The lowest BCUT2D eigenvalue weighted by molar-refractivity contribution is -0.120. The molecule has 0 aliphatic carbocycles. The average Bonchev–Trinajstić information content (AvgIpc) is 2.97. The first-order valence-corrected chi connectivity index (χ1v) is 9.00. The molecule has 3 aromatic rings. The van der Waals surface area contributed by atoms with Gasteiger partial charge in [-0.05, 0) is 35.4 Å². The van der Waals surface area contributed by atoms with Crippen molar-refractivity contribution in [3.8, 4) is 11.1 Å². The van der Waals surface area contributed by atoms with E-state index in [1.165, 1.54) is 0 Å². The summed E-state index contributed by atoms with van der Waals surface area (Å²) in [6.07, 6.45) is 3.62. The van der Waals surface area contributed by atoms with Crippen molar-refractivity contribution >= 4 is 33.6 Å². The maximum atomic E-state index is 11.6. The number of pyridine rings is 1. The predicted octanol–water partition coefficient (Wildman–Crippen LogP) is 2.22. The number of likely N-dealkylation sites (N-methyl/N-ethyl adjacent to an activating group) is 1. The number of carbonyl (C=O) groups is 1. The van der Waals surface area contributed by atoms with Gasteiger partial charge in [-0.1, -0.05) is 12.1 Å². The highest BCUT2D eigenvalue weighted by Crippen LogP contribution is 2.29. The summed E-state index contributed by atoms with van der Waals surface area (Å²) in [4.78, 5) is 19.1. The van der Waals surface area contributed by atoms with E-state index in [0.29, 0.717) is 0 Å². The Morgan fingerprint density at radius 2 is 2.00 bits per heavy atom. The number of hydrogen-bond donors (Lipinski definition) is 3. The van der Waals surface area contributed by atoms with Gasteiger partial charge in [-0.3, -0.25) is 4.79 Å². The predicted molar refractivity (Wildman–Crippen MR) is 97.0 cm³/mol. The van der Waals surface area contributed by atoms with E-state index in [0.717, 1.165) is 33.5 Å². The molecule has 0 fully saturated rings. The summed E-state index contributed by atoms with van der Waals surface area (Å²) in [5.41, 5.74) is 4.44. The molecule has 1 aromatic carbocycles. The summed E-state index contributed by atoms with van der Waals surface area (Å²) in [5, 5.41) is 3.58. The van der Waals surface area contributed by atoms with Crippen LogP contribution >= 0.6 is 0 Å². The summed E-state index contributed by atoms with van der Waals surface area (Å²) in [5.74, 6) is -0.0499. The molecule has 124 valence electrons. The lowest BCUT2D eigenvalue weighted by atomic mass is 10.0. The SMILES string of the molecule is CNC(=O)Cc1cc2c(-c3ccc(NS(C)=O)cc3)ccnc2[nH]1. The maximum Gasteiger partial charge on any atom is 0.225 e. The van der Waals surface area contributed by atoms with Crippen LogP contribution in [-0.4, -0.2) is 33.4 Å². The highest BCUT2D eigenvalue weighted by atomic mass is 32.2. The quantitative estimate of drug-likeness (QED) is 0.664. The Bertz CT molecular complexity index is 903. The van der Waals surface area contributed by atoms with Crippen molar-refractivity contribution in [2.24, 2.45) is 0 Å². The summed E-state index contributed by atoms with van der Waals surface area (Å²) >= 11 is 0. The van der Waals surface area contributed by atoms with Gasteiger partial charge in [0.1, 0.15) is 16.6 Å². The van der Waals surface area contributed by atoms with E-state index >= 15 is 0 Å². The number of aromatic amines is 1. The minimum Gasteiger partial charge on any atom is -0.359 e. The Hall–Kier alpha value is -2.67. The fourth-order valence-corrected chi connectivity index (χ4v) is 3.04. The van der Waals surface area contributed by atoms with Crippen LogP contribution in [-0.2, 0) is 22.2 Å². The van der Waals surface area contributed by atoms with Gasteiger partial charge in [0.15, 0.2) is 0 Å². The smallest absolute Gasteiger partial charge is 0.225 e. The van der Waals surface area contributed by atoms with Crippen LogP contribution in [0.15, 0.2) is 42.6 Å². The van der Waals surface area contributed by atoms with E-state index in [2.05, 4.69) is 20.0 Å². The van der Waals surface area contributed by atoms with Gasteiger partial charge >= 0.3 is 0 Å². The van der Waals surface area contributed by atoms with Crippen LogP contribution in [0.5, 0.6) is 0 Å². The maximum absolute atomic E-state index is 11.6. The molecule has 0 saturated heterocycles. The van der Waals surface area contributed by atoms with E-state index in [1.807, 2.05) is 36.4 Å². The molecule has 24 heavy (non-hydrogen) atoms. The fourth-order valence-electron chi connectivity index (χ4n) is 2.57.